The Morgan fingerprint density at radius 2 is 1.90 bits per heavy atom. The lowest BCUT2D eigenvalue weighted by Gasteiger charge is -2.23. The molecule has 0 heterocycles. The highest BCUT2D eigenvalue weighted by Crippen LogP contribution is 2.37. The summed E-state index contributed by atoms with van der Waals surface area (Å²) >= 11 is 5.93. The Morgan fingerprint density at radius 3 is 2.52 bits per heavy atom. The fourth-order valence-electron chi connectivity index (χ4n) is 2.14. The largest absolute Gasteiger partial charge is 0.508 e. The number of hydrogen-bond donors (Lipinski definition) is 1. The van der Waals surface area contributed by atoms with Crippen LogP contribution >= 0.6 is 11.6 Å². The van der Waals surface area contributed by atoms with E-state index in [1.807, 2.05) is 29.2 Å². The minimum Gasteiger partial charge on any atom is -0.508 e. The van der Waals surface area contributed by atoms with E-state index >= 15 is 0 Å². The van der Waals surface area contributed by atoms with Gasteiger partial charge in [0.2, 0.25) is 5.39 Å². The Morgan fingerprint density at radius 1 is 1.19 bits per heavy atom. The summed E-state index contributed by atoms with van der Waals surface area (Å²) in [7, 11) is 0. The lowest BCUT2D eigenvalue weighted by Crippen LogP contribution is -2.18. The molecule has 0 aliphatic carbocycles. The van der Waals surface area contributed by atoms with Gasteiger partial charge in [0, 0.05) is 29.4 Å². The van der Waals surface area contributed by atoms with Gasteiger partial charge in [-0.1, -0.05) is 24.9 Å². The fourth-order valence-corrected chi connectivity index (χ4v) is 2.26. The topological polar surface area (TPSA) is 51.6 Å². The van der Waals surface area contributed by atoms with E-state index in [1.165, 1.54) is 6.07 Å². The average Bonchev–Trinajstić information content (AvgIpc) is 2.49. The molecule has 0 bridgehead atoms. The molecule has 5 heteroatoms. The Kier molecular flexibility index (Phi) is 5.02. The summed E-state index contributed by atoms with van der Waals surface area (Å²) in [5.74, 6) is 0.132. The molecular formula is C16H17ClN3O+. The third-order valence-electron chi connectivity index (χ3n) is 3.23. The van der Waals surface area contributed by atoms with Gasteiger partial charge in [-0.2, -0.15) is 0 Å². The van der Waals surface area contributed by atoms with Crippen LogP contribution < -0.4 is 4.90 Å². The quantitative estimate of drug-likeness (QED) is 0.745. The third kappa shape index (κ3) is 3.65. The number of nitrogens with zero attached hydrogens (tertiary/aromatic N) is 3. The highest BCUT2D eigenvalue weighted by atomic mass is 35.5. The molecule has 0 fully saturated rings. The number of anilines is 2. The van der Waals surface area contributed by atoms with E-state index in [0.717, 1.165) is 25.1 Å². The van der Waals surface area contributed by atoms with Crippen LogP contribution in [-0.4, -0.2) is 11.7 Å². The molecule has 0 atom stereocenters. The molecule has 1 N–H and O–H groups in total. The van der Waals surface area contributed by atoms with Crippen LogP contribution in [-0.2, 0) is 0 Å². The number of benzene rings is 2. The monoisotopic (exact) mass is 302 g/mol. The number of aromatic hydroxyl groups is 1. The van der Waals surface area contributed by atoms with Gasteiger partial charge in [-0.05, 0) is 36.8 Å². The van der Waals surface area contributed by atoms with Crippen LogP contribution in [0.3, 0.4) is 0 Å². The van der Waals surface area contributed by atoms with Crippen molar-refractivity contribution >= 4 is 28.7 Å². The molecule has 4 nitrogen and oxygen atoms in total. The summed E-state index contributed by atoms with van der Waals surface area (Å²) in [6.45, 7) is 2.87. The van der Waals surface area contributed by atoms with Crippen molar-refractivity contribution in [2.75, 3.05) is 11.4 Å². The van der Waals surface area contributed by atoms with E-state index in [9.17, 15) is 10.5 Å². The normalized spacial score (nSPS) is 10.1. The summed E-state index contributed by atoms with van der Waals surface area (Å²) < 4.78 is 0. The van der Waals surface area contributed by atoms with E-state index in [-0.39, 0.29) is 5.75 Å². The van der Waals surface area contributed by atoms with Crippen molar-refractivity contribution in [3.8, 4) is 5.75 Å². The number of hydrogen-bond acceptors (Lipinski definition) is 3. The van der Waals surface area contributed by atoms with Crippen molar-refractivity contribution in [2.45, 2.75) is 19.8 Å². The molecule has 0 aliphatic heterocycles. The number of unbranched alkanes of at least 4 members (excludes halogenated alkanes) is 1. The maximum atomic E-state index is 9.73. The first-order valence-corrected chi connectivity index (χ1v) is 7.24. The molecule has 0 saturated heterocycles. The lowest BCUT2D eigenvalue weighted by molar-refractivity contribution is 0.475. The van der Waals surface area contributed by atoms with Crippen molar-refractivity contribution < 1.29 is 5.11 Å². The number of halogens is 1. The molecule has 0 amide bonds. The smallest absolute Gasteiger partial charge is 0.408 e. The molecule has 108 valence electrons. The maximum absolute atomic E-state index is 9.73. The Labute approximate surface area is 129 Å². The van der Waals surface area contributed by atoms with Crippen LogP contribution in [0.4, 0.5) is 17.1 Å². The van der Waals surface area contributed by atoms with Crippen molar-refractivity contribution in [3.63, 3.8) is 0 Å². The standard InChI is InChI=1S/C16H16ClN3O/c1-2-3-10-20(13-6-4-12(17)5-7-13)16-11-14(21)8-9-15(16)19-18/h4-9,11H,2-3,10H2,1H3/p+1. The first-order valence-electron chi connectivity index (χ1n) is 6.87. The van der Waals surface area contributed by atoms with E-state index in [0.29, 0.717) is 16.4 Å². The molecular weight excluding hydrogens is 286 g/mol. The van der Waals surface area contributed by atoms with E-state index in [2.05, 4.69) is 11.9 Å². The first kappa shape index (κ1) is 15.1. The number of rotatable bonds is 5. The molecule has 2 aromatic carbocycles. The minimum absolute atomic E-state index is 0.132. The third-order valence-corrected chi connectivity index (χ3v) is 3.48. The molecule has 0 radical (unpaired) electrons. The zero-order chi connectivity index (χ0) is 15.2. The van der Waals surface area contributed by atoms with Crippen molar-refractivity contribution in [1.29, 1.82) is 5.39 Å². The van der Waals surface area contributed by atoms with Crippen LogP contribution in [0.2, 0.25) is 5.02 Å². The molecule has 2 rings (SSSR count). The first-order chi connectivity index (χ1) is 10.2. The van der Waals surface area contributed by atoms with Crippen molar-refractivity contribution in [3.05, 3.63) is 52.5 Å². The summed E-state index contributed by atoms with van der Waals surface area (Å²) in [5.41, 5.74) is 2.01. The summed E-state index contributed by atoms with van der Waals surface area (Å²) in [6.07, 6.45) is 2.01. The summed E-state index contributed by atoms with van der Waals surface area (Å²) in [5, 5.41) is 19.6. The second-order valence-corrected chi connectivity index (χ2v) is 5.19. The van der Waals surface area contributed by atoms with Gasteiger partial charge in [0.15, 0.2) is 4.98 Å². The maximum Gasteiger partial charge on any atom is 0.408 e. The van der Waals surface area contributed by atoms with Gasteiger partial charge >= 0.3 is 5.69 Å². The Balaban J connectivity index is 2.47. The Bertz CT molecular complexity index is 650. The molecule has 2 aromatic rings. The summed E-state index contributed by atoms with van der Waals surface area (Å²) in [6, 6.07) is 12.1. The highest BCUT2D eigenvalue weighted by molar-refractivity contribution is 6.30. The van der Waals surface area contributed by atoms with E-state index < -0.39 is 0 Å². The molecule has 0 saturated carbocycles. The molecule has 0 spiro atoms. The SMILES string of the molecule is CCCCN(c1ccc(Cl)cc1)c1cc(O)ccc1[N+]#N. The van der Waals surface area contributed by atoms with Gasteiger partial charge in [0.05, 0.1) is 0 Å². The highest BCUT2D eigenvalue weighted by Gasteiger charge is 2.21. The van der Waals surface area contributed by atoms with Crippen LogP contribution in [0.5, 0.6) is 5.75 Å². The van der Waals surface area contributed by atoms with E-state index in [1.54, 1.807) is 12.1 Å². The van der Waals surface area contributed by atoms with Gasteiger partial charge in [0.1, 0.15) is 11.4 Å². The predicted octanol–water partition coefficient (Wildman–Crippen LogP) is 5.47. The molecule has 0 aromatic heterocycles. The molecule has 0 aliphatic rings. The zero-order valence-corrected chi connectivity index (χ0v) is 12.6. The number of phenols is 1. The van der Waals surface area contributed by atoms with Crippen LogP contribution in [0, 0.1) is 5.39 Å². The van der Waals surface area contributed by atoms with E-state index in [4.69, 9.17) is 11.6 Å². The average molecular weight is 303 g/mol. The van der Waals surface area contributed by atoms with Gasteiger partial charge in [0.25, 0.3) is 0 Å². The van der Waals surface area contributed by atoms with Crippen molar-refractivity contribution in [2.24, 2.45) is 0 Å². The van der Waals surface area contributed by atoms with Crippen LogP contribution in [0.15, 0.2) is 42.5 Å². The zero-order valence-electron chi connectivity index (χ0n) is 11.8. The number of diazo groups is 1. The van der Waals surface area contributed by atoms with Gasteiger partial charge in [-0.15, -0.1) is 0 Å². The molecule has 21 heavy (non-hydrogen) atoms. The predicted molar refractivity (Wildman–Crippen MR) is 86.2 cm³/mol. The van der Waals surface area contributed by atoms with Gasteiger partial charge in [-0.3, -0.25) is 0 Å². The van der Waals surface area contributed by atoms with Crippen LogP contribution in [0.1, 0.15) is 19.8 Å². The van der Waals surface area contributed by atoms with Crippen LogP contribution in [0.25, 0.3) is 4.98 Å². The van der Waals surface area contributed by atoms with Crippen molar-refractivity contribution in [1.82, 2.24) is 0 Å². The second kappa shape index (κ2) is 6.96. The van der Waals surface area contributed by atoms with Gasteiger partial charge in [-0.25, -0.2) is 0 Å². The molecule has 0 unspecified atom stereocenters. The van der Waals surface area contributed by atoms with Gasteiger partial charge < -0.3 is 10.0 Å². The number of phenolic OH excluding ortho intramolecular Hbond substituents is 1. The lowest BCUT2D eigenvalue weighted by atomic mass is 10.2. The second-order valence-electron chi connectivity index (χ2n) is 4.75. The fraction of sp³-hybridized carbons (Fsp3) is 0.250. The summed E-state index contributed by atoms with van der Waals surface area (Å²) in [4.78, 5) is 5.31. The Hall–Kier alpha value is -2.25. The minimum atomic E-state index is 0.132.